The molecule has 5 nitrogen and oxygen atoms in total. The number of carbonyl (C=O) groups excluding carboxylic acids is 2. The molecule has 3 amide bonds. The zero-order chi connectivity index (χ0) is 15.0. The van der Waals surface area contributed by atoms with E-state index in [4.69, 9.17) is 0 Å². The molecular weight excluding hydrogens is 266 g/mol. The van der Waals surface area contributed by atoms with Gasteiger partial charge in [0.15, 0.2) is 0 Å². The fourth-order valence-electron chi connectivity index (χ4n) is 3.99. The first-order valence-corrected chi connectivity index (χ1v) is 8.46. The predicted molar refractivity (Wildman–Crippen MR) is 80.8 cm³/mol. The Bertz CT molecular complexity index is 404. The summed E-state index contributed by atoms with van der Waals surface area (Å²) < 4.78 is 0. The lowest BCUT2D eigenvalue weighted by Gasteiger charge is -2.38. The van der Waals surface area contributed by atoms with Gasteiger partial charge in [0.2, 0.25) is 5.91 Å². The summed E-state index contributed by atoms with van der Waals surface area (Å²) in [5, 5.41) is 0. The highest BCUT2D eigenvalue weighted by Crippen LogP contribution is 2.54. The second-order valence-electron chi connectivity index (χ2n) is 6.69. The van der Waals surface area contributed by atoms with Crippen molar-refractivity contribution in [1.82, 2.24) is 14.7 Å². The summed E-state index contributed by atoms with van der Waals surface area (Å²) in [5.41, 5.74) is 0. The normalized spacial score (nSPS) is 31.0. The Hall–Kier alpha value is -1.26. The zero-order valence-corrected chi connectivity index (χ0v) is 13.3. The van der Waals surface area contributed by atoms with Gasteiger partial charge in [0.1, 0.15) is 0 Å². The van der Waals surface area contributed by atoms with E-state index in [2.05, 4.69) is 0 Å². The molecule has 0 radical (unpaired) electrons. The van der Waals surface area contributed by atoms with E-state index >= 15 is 0 Å². The predicted octanol–water partition coefficient (Wildman–Crippen LogP) is 1.64. The average Bonchev–Trinajstić information content (AvgIpc) is 3.13. The van der Waals surface area contributed by atoms with E-state index in [-0.39, 0.29) is 11.9 Å². The van der Waals surface area contributed by atoms with Crippen molar-refractivity contribution < 1.29 is 9.59 Å². The average molecular weight is 293 g/mol. The lowest BCUT2D eigenvalue weighted by atomic mass is 10.0. The summed E-state index contributed by atoms with van der Waals surface area (Å²) in [4.78, 5) is 30.5. The topological polar surface area (TPSA) is 43.9 Å². The highest BCUT2D eigenvalue weighted by Gasteiger charge is 2.49. The van der Waals surface area contributed by atoms with Gasteiger partial charge in [-0.05, 0) is 44.9 Å². The first-order valence-electron chi connectivity index (χ1n) is 8.46. The SMILES string of the molecule is CCN(CC)C(=O)N1CCN(C(=O)C2CC3CC3C2)CC1. The standard InChI is InChI=1S/C16H27N3O2/c1-3-17(4-2)16(21)19-7-5-18(6-8-19)15(20)14-10-12-9-13(12)11-14/h12-14H,3-11H2,1-2H3. The van der Waals surface area contributed by atoms with Crippen molar-refractivity contribution in [3.8, 4) is 0 Å². The number of amides is 3. The van der Waals surface area contributed by atoms with Gasteiger partial charge in [-0.2, -0.15) is 0 Å². The van der Waals surface area contributed by atoms with Crippen molar-refractivity contribution in [2.45, 2.75) is 33.1 Å². The van der Waals surface area contributed by atoms with Crippen LogP contribution in [-0.2, 0) is 4.79 Å². The second kappa shape index (κ2) is 5.85. The minimum atomic E-state index is 0.120. The summed E-state index contributed by atoms with van der Waals surface area (Å²) >= 11 is 0. The Morgan fingerprint density at radius 2 is 1.43 bits per heavy atom. The van der Waals surface area contributed by atoms with E-state index in [1.165, 1.54) is 6.42 Å². The molecule has 2 saturated carbocycles. The van der Waals surface area contributed by atoms with E-state index in [9.17, 15) is 9.59 Å². The largest absolute Gasteiger partial charge is 0.339 e. The molecule has 0 spiro atoms. The molecule has 3 fully saturated rings. The van der Waals surface area contributed by atoms with Crippen molar-refractivity contribution >= 4 is 11.9 Å². The van der Waals surface area contributed by atoms with Crippen LogP contribution in [0.4, 0.5) is 4.79 Å². The van der Waals surface area contributed by atoms with Crippen LogP contribution < -0.4 is 0 Å². The number of carbonyl (C=O) groups is 2. The van der Waals surface area contributed by atoms with Crippen LogP contribution in [0.1, 0.15) is 33.1 Å². The van der Waals surface area contributed by atoms with Gasteiger partial charge in [-0.25, -0.2) is 4.79 Å². The fraction of sp³-hybridized carbons (Fsp3) is 0.875. The van der Waals surface area contributed by atoms with Crippen LogP contribution in [0.15, 0.2) is 0 Å². The lowest BCUT2D eigenvalue weighted by Crippen LogP contribution is -2.54. The molecule has 2 aliphatic carbocycles. The van der Waals surface area contributed by atoms with Gasteiger partial charge in [-0.3, -0.25) is 4.79 Å². The van der Waals surface area contributed by atoms with Crippen LogP contribution in [-0.4, -0.2) is 65.9 Å². The number of hydrogen-bond acceptors (Lipinski definition) is 2. The molecule has 0 aromatic heterocycles. The third kappa shape index (κ3) is 2.87. The maximum absolute atomic E-state index is 12.5. The summed E-state index contributed by atoms with van der Waals surface area (Å²) in [7, 11) is 0. The van der Waals surface area contributed by atoms with Crippen molar-refractivity contribution in [3.05, 3.63) is 0 Å². The van der Waals surface area contributed by atoms with Gasteiger partial charge < -0.3 is 14.7 Å². The molecular formula is C16H27N3O2. The molecule has 2 unspecified atom stereocenters. The van der Waals surface area contributed by atoms with Gasteiger partial charge in [0.25, 0.3) is 0 Å². The molecule has 3 rings (SSSR count). The monoisotopic (exact) mass is 293 g/mol. The number of fused-ring (bicyclic) bond motifs is 1. The second-order valence-corrected chi connectivity index (χ2v) is 6.69. The molecule has 2 atom stereocenters. The highest BCUT2D eigenvalue weighted by atomic mass is 16.2. The van der Waals surface area contributed by atoms with Crippen LogP contribution in [0.3, 0.4) is 0 Å². The summed E-state index contributed by atoms with van der Waals surface area (Å²) in [6.07, 6.45) is 3.58. The molecule has 0 N–H and O–H groups in total. The van der Waals surface area contributed by atoms with Gasteiger partial charge in [0.05, 0.1) is 0 Å². The highest BCUT2D eigenvalue weighted by molar-refractivity contribution is 5.80. The van der Waals surface area contributed by atoms with Gasteiger partial charge in [-0.15, -0.1) is 0 Å². The van der Waals surface area contributed by atoms with Crippen molar-refractivity contribution in [1.29, 1.82) is 0 Å². The first-order chi connectivity index (χ1) is 10.1. The van der Waals surface area contributed by atoms with Crippen molar-refractivity contribution in [3.63, 3.8) is 0 Å². The van der Waals surface area contributed by atoms with Gasteiger partial charge in [0, 0.05) is 45.2 Å². The van der Waals surface area contributed by atoms with Crippen LogP contribution in [0.25, 0.3) is 0 Å². The minimum absolute atomic E-state index is 0.120. The third-order valence-electron chi connectivity index (χ3n) is 5.49. The first kappa shape index (κ1) is 14.7. The van der Waals surface area contributed by atoms with Crippen LogP contribution in [0, 0.1) is 17.8 Å². The molecule has 118 valence electrons. The van der Waals surface area contributed by atoms with E-state index < -0.39 is 0 Å². The number of urea groups is 1. The lowest BCUT2D eigenvalue weighted by molar-refractivity contribution is -0.137. The van der Waals surface area contributed by atoms with E-state index in [0.29, 0.717) is 32.1 Å². The Balaban J connectivity index is 1.48. The summed E-state index contributed by atoms with van der Waals surface area (Å²) in [6.45, 7) is 8.29. The minimum Gasteiger partial charge on any atom is -0.339 e. The molecule has 1 aliphatic heterocycles. The van der Waals surface area contributed by atoms with E-state index in [1.54, 1.807) is 0 Å². The van der Waals surface area contributed by atoms with Gasteiger partial charge >= 0.3 is 6.03 Å². The Labute approximate surface area is 127 Å². The third-order valence-corrected chi connectivity index (χ3v) is 5.49. The molecule has 1 heterocycles. The van der Waals surface area contributed by atoms with Crippen molar-refractivity contribution in [2.24, 2.45) is 17.8 Å². The molecule has 21 heavy (non-hydrogen) atoms. The van der Waals surface area contributed by atoms with E-state index in [0.717, 1.165) is 37.8 Å². The summed E-state index contributed by atoms with van der Waals surface area (Å²) in [5.74, 6) is 2.32. The number of hydrogen-bond donors (Lipinski definition) is 0. The molecule has 5 heteroatoms. The van der Waals surface area contributed by atoms with Crippen LogP contribution >= 0.6 is 0 Å². The molecule has 0 aromatic carbocycles. The van der Waals surface area contributed by atoms with E-state index in [1.807, 2.05) is 28.5 Å². The zero-order valence-electron chi connectivity index (χ0n) is 13.3. The Kier molecular flexibility index (Phi) is 4.09. The van der Waals surface area contributed by atoms with Crippen molar-refractivity contribution in [2.75, 3.05) is 39.3 Å². The smallest absolute Gasteiger partial charge is 0.320 e. The van der Waals surface area contributed by atoms with Crippen LogP contribution in [0.5, 0.6) is 0 Å². The quantitative estimate of drug-likeness (QED) is 0.794. The summed E-state index contributed by atoms with van der Waals surface area (Å²) in [6, 6.07) is 0.120. The number of rotatable bonds is 3. The maximum atomic E-state index is 12.5. The van der Waals surface area contributed by atoms with Gasteiger partial charge in [-0.1, -0.05) is 0 Å². The number of piperazine rings is 1. The molecule has 0 aromatic rings. The molecule has 3 aliphatic rings. The van der Waals surface area contributed by atoms with Crippen LogP contribution in [0.2, 0.25) is 0 Å². The Morgan fingerprint density at radius 3 is 1.95 bits per heavy atom. The molecule has 1 saturated heterocycles. The fourth-order valence-corrected chi connectivity index (χ4v) is 3.99. The maximum Gasteiger partial charge on any atom is 0.320 e. The molecule has 0 bridgehead atoms. The number of nitrogens with zero attached hydrogens (tertiary/aromatic N) is 3. The Morgan fingerprint density at radius 1 is 0.905 bits per heavy atom.